The van der Waals surface area contributed by atoms with Crippen molar-refractivity contribution in [2.75, 3.05) is 13.2 Å². The van der Waals surface area contributed by atoms with E-state index >= 15 is 0 Å². The highest BCUT2D eigenvalue weighted by Gasteiger charge is 2.20. The van der Waals surface area contributed by atoms with E-state index < -0.39 is 0 Å². The highest BCUT2D eigenvalue weighted by atomic mass is 32.1. The second-order valence-corrected chi connectivity index (χ2v) is 4.63. The summed E-state index contributed by atoms with van der Waals surface area (Å²) in [6.45, 7) is 5.18. The average Bonchev–Trinajstić information content (AvgIpc) is 2.68. The fraction of sp³-hybridized carbons (Fsp3) is 0.500. The molecular formula is C12H16N2O2S. The molecule has 17 heavy (non-hydrogen) atoms. The number of ether oxygens (including phenoxy) is 2. The molecule has 5 heteroatoms. The minimum absolute atomic E-state index is 0.0873. The second-order valence-electron chi connectivity index (χ2n) is 4.19. The predicted molar refractivity (Wildman–Crippen MR) is 69.5 cm³/mol. The summed E-state index contributed by atoms with van der Waals surface area (Å²) in [5, 5.41) is 0. The van der Waals surface area contributed by atoms with Gasteiger partial charge in [-0.2, -0.15) is 0 Å². The summed E-state index contributed by atoms with van der Waals surface area (Å²) < 4.78 is 11.2. The summed E-state index contributed by atoms with van der Waals surface area (Å²) in [5.74, 6) is 0.720. The van der Waals surface area contributed by atoms with Gasteiger partial charge in [-0.1, -0.05) is 12.2 Å². The van der Waals surface area contributed by atoms with Crippen molar-refractivity contribution in [1.82, 2.24) is 4.98 Å². The van der Waals surface area contributed by atoms with E-state index in [1.54, 1.807) is 0 Å². The van der Waals surface area contributed by atoms with Crippen molar-refractivity contribution in [3.63, 3.8) is 0 Å². The van der Waals surface area contributed by atoms with Crippen LogP contribution in [0.15, 0.2) is 6.07 Å². The number of aromatic nitrogens is 1. The fourth-order valence-electron chi connectivity index (χ4n) is 1.97. The quantitative estimate of drug-likeness (QED) is 0.826. The third kappa shape index (κ3) is 2.73. The Hall–Kier alpha value is -1.20. The maximum atomic E-state index is 5.90. The van der Waals surface area contributed by atoms with Crippen LogP contribution in [0.4, 0.5) is 0 Å². The van der Waals surface area contributed by atoms with Crippen LogP contribution in [0.3, 0.4) is 0 Å². The SMILES string of the molecule is Cc1cc(OC2CCOC2)c(C(N)=S)c(C)n1. The monoisotopic (exact) mass is 252 g/mol. The van der Waals surface area contributed by atoms with Gasteiger partial charge in [-0.3, -0.25) is 4.98 Å². The largest absolute Gasteiger partial charge is 0.487 e. The molecule has 0 saturated carbocycles. The Bertz CT molecular complexity index is 442. The lowest BCUT2D eigenvalue weighted by atomic mass is 10.1. The number of hydrogen-bond acceptors (Lipinski definition) is 4. The summed E-state index contributed by atoms with van der Waals surface area (Å²) in [7, 11) is 0. The van der Waals surface area contributed by atoms with Gasteiger partial charge in [-0.15, -0.1) is 0 Å². The lowest BCUT2D eigenvalue weighted by Crippen LogP contribution is -2.20. The van der Waals surface area contributed by atoms with Crippen LogP contribution in [-0.4, -0.2) is 29.3 Å². The Balaban J connectivity index is 2.32. The van der Waals surface area contributed by atoms with Crippen molar-refractivity contribution in [3.8, 4) is 5.75 Å². The molecule has 1 aliphatic heterocycles. The van der Waals surface area contributed by atoms with E-state index in [0.29, 0.717) is 11.6 Å². The van der Waals surface area contributed by atoms with Crippen molar-refractivity contribution < 1.29 is 9.47 Å². The van der Waals surface area contributed by atoms with Gasteiger partial charge in [-0.25, -0.2) is 0 Å². The van der Waals surface area contributed by atoms with Crippen LogP contribution in [0.5, 0.6) is 5.75 Å². The molecule has 1 aromatic rings. The van der Waals surface area contributed by atoms with Crippen LogP contribution in [0.1, 0.15) is 23.4 Å². The Labute approximate surface area is 106 Å². The first-order chi connectivity index (χ1) is 8.08. The zero-order chi connectivity index (χ0) is 12.4. The molecule has 2 heterocycles. The first kappa shape index (κ1) is 12.3. The standard InChI is InChI=1S/C12H16N2O2S/c1-7-5-10(16-9-3-4-15-6-9)11(12(13)17)8(2)14-7/h5,9H,3-4,6H2,1-2H3,(H2,13,17). The molecule has 0 spiro atoms. The topological polar surface area (TPSA) is 57.4 Å². The van der Waals surface area contributed by atoms with Crippen LogP contribution in [0, 0.1) is 13.8 Å². The first-order valence-corrected chi connectivity index (χ1v) is 6.01. The summed E-state index contributed by atoms with van der Waals surface area (Å²) in [5.41, 5.74) is 8.16. The maximum Gasteiger partial charge on any atom is 0.133 e. The molecule has 1 fully saturated rings. The Morgan fingerprint density at radius 3 is 2.94 bits per heavy atom. The molecular weight excluding hydrogens is 236 g/mol. The molecule has 1 atom stereocenters. The van der Waals surface area contributed by atoms with Gasteiger partial charge in [-0.05, 0) is 13.8 Å². The Morgan fingerprint density at radius 2 is 2.35 bits per heavy atom. The Kier molecular flexibility index (Phi) is 3.59. The maximum absolute atomic E-state index is 5.90. The molecule has 0 radical (unpaired) electrons. The second kappa shape index (κ2) is 4.98. The number of hydrogen-bond donors (Lipinski definition) is 1. The van der Waals surface area contributed by atoms with Crippen molar-refractivity contribution >= 4 is 17.2 Å². The number of nitrogens with two attached hydrogens (primary N) is 1. The number of aryl methyl sites for hydroxylation is 2. The third-order valence-corrected chi connectivity index (χ3v) is 2.92. The van der Waals surface area contributed by atoms with Gasteiger partial charge in [0, 0.05) is 18.2 Å². The summed E-state index contributed by atoms with van der Waals surface area (Å²) in [4.78, 5) is 4.67. The molecule has 1 aliphatic rings. The van der Waals surface area contributed by atoms with E-state index in [9.17, 15) is 0 Å². The van der Waals surface area contributed by atoms with Crippen molar-refractivity contribution in [1.29, 1.82) is 0 Å². The zero-order valence-electron chi connectivity index (χ0n) is 10.0. The van der Waals surface area contributed by atoms with E-state index in [0.717, 1.165) is 35.7 Å². The molecule has 0 aliphatic carbocycles. The van der Waals surface area contributed by atoms with E-state index in [-0.39, 0.29) is 6.10 Å². The first-order valence-electron chi connectivity index (χ1n) is 5.60. The van der Waals surface area contributed by atoms with Crippen LogP contribution in [0.25, 0.3) is 0 Å². The summed E-state index contributed by atoms with van der Waals surface area (Å²) >= 11 is 5.05. The molecule has 1 saturated heterocycles. The summed E-state index contributed by atoms with van der Waals surface area (Å²) in [6, 6.07) is 1.87. The number of pyridine rings is 1. The molecule has 1 unspecified atom stereocenters. The van der Waals surface area contributed by atoms with E-state index in [1.807, 2.05) is 19.9 Å². The molecule has 2 N–H and O–H groups in total. The van der Waals surface area contributed by atoms with Crippen LogP contribution < -0.4 is 10.5 Å². The molecule has 0 bridgehead atoms. The van der Waals surface area contributed by atoms with Crippen LogP contribution in [0.2, 0.25) is 0 Å². The highest BCUT2D eigenvalue weighted by Crippen LogP contribution is 2.25. The van der Waals surface area contributed by atoms with Gasteiger partial charge in [0.05, 0.1) is 24.5 Å². The van der Waals surface area contributed by atoms with Crippen molar-refractivity contribution in [3.05, 3.63) is 23.0 Å². The Morgan fingerprint density at radius 1 is 1.59 bits per heavy atom. The van der Waals surface area contributed by atoms with Crippen molar-refractivity contribution in [2.45, 2.75) is 26.4 Å². The lowest BCUT2D eigenvalue weighted by molar-refractivity contribution is 0.141. The third-order valence-electron chi connectivity index (χ3n) is 2.72. The fourth-order valence-corrected chi connectivity index (χ4v) is 2.22. The van der Waals surface area contributed by atoms with E-state index in [1.165, 1.54) is 0 Å². The number of nitrogens with zero attached hydrogens (tertiary/aromatic N) is 1. The number of rotatable bonds is 3. The zero-order valence-corrected chi connectivity index (χ0v) is 10.8. The van der Waals surface area contributed by atoms with Gasteiger partial charge >= 0.3 is 0 Å². The minimum Gasteiger partial charge on any atom is -0.487 e. The molecule has 4 nitrogen and oxygen atoms in total. The molecule has 2 rings (SSSR count). The smallest absolute Gasteiger partial charge is 0.133 e. The van der Waals surface area contributed by atoms with Gasteiger partial charge in [0.2, 0.25) is 0 Å². The average molecular weight is 252 g/mol. The van der Waals surface area contributed by atoms with Crippen LogP contribution >= 0.6 is 12.2 Å². The normalized spacial score (nSPS) is 19.3. The number of thiocarbonyl (C=S) groups is 1. The van der Waals surface area contributed by atoms with E-state index in [2.05, 4.69) is 4.98 Å². The molecule has 0 amide bonds. The van der Waals surface area contributed by atoms with E-state index in [4.69, 9.17) is 27.4 Å². The molecule has 92 valence electrons. The molecule has 1 aromatic heterocycles. The highest BCUT2D eigenvalue weighted by molar-refractivity contribution is 7.80. The minimum atomic E-state index is 0.0873. The van der Waals surface area contributed by atoms with Crippen molar-refractivity contribution in [2.24, 2.45) is 5.73 Å². The lowest BCUT2D eigenvalue weighted by Gasteiger charge is -2.17. The molecule has 0 aromatic carbocycles. The predicted octanol–water partition coefficient (Wildman–Crippen LogP) is 1.50. The van der Waals surface area contributed by atoms with Gasteiger partial charge < -0.3 is 15.2 Å². The van der Waals surface area contributed by atoms with Gasteiger partial charge in [0.25, 0.3) is 0 Å². The van der Waals surface area contributed by atoms with Gasteiger partial charge in [0.1, 0.15) is 16.8 Å². The summed E-state index contributed by atoms with van der Waals surface area (Å²) in [6.07, 6.45) is 0.987. The van der Waals surface area contributed by atoms with Crippen LogP contribution in [-0.2, 0) is 4.74 Å². The van der Waals surface area contributed by atoms with Gasteiger partial charge in [0.15, 0.2) is 0 Å².